The summed E-state index contributed by atoms with van der Waals surface area (Å²) in [6.45, 7) is 6.32. The number of amides is 1. The van der Waals surface area contributed by atoms with Crippen LogP contribution in [0.4, 0.5) is 8.78 Å². The minimum atomic E-state index is -3.19. The summed E-state index contributed by atoms with van der Waals surface area (Å²) in [5.74, 6) is -2.93. The number of nitrogens with one attached hydrogen (secondary N) is 2. The van der Waals surface area contributed by atoms with Gasteiger partial charge in [0.2, 0.25) is 11.8 Å². The highest BCUT2D eigenvalue weighted by Crippen LogP contribution is 2.35. The lowest BCUT2D eigenvalue weighted by molar-refractivity contribution is -0.121. The lowest BCUT2D eigenvalue weighted by Gasteiger charge is -2.17. The van der Waals surface area contributed by atoms with Crippen LogP contribution in [0.3, 0.4) is 0 Å². The molecule has 0 saturated carbocycles. The number of aromatic amines is 1. The second-order valence-corrected chi connectivity index (χ2v) is 8.62. The van der Waals surface area contributed by atoms with Gasteiger partial charge >= 0.3 is 0 Å². The standard InChI is InChI=1S/C27H32F2N4O4/c1-4-6-23(34)30-16-18-7-9-21(27(3,28)29)20(14-18)26-32-22(15-24(35)33-26)19-8-10-25(31-17-19)37-13-12-36-11-5-2/h7-10,14-15,17H,4-6,11-13,16H2,1-3H3,(H,30,34)(H,32,33,35). The van der Waals surface area contributed by atoms with Crippen molar-refractivity contribution in [2.45, 2.75) is 52.5 Å². The Morgan fingerprint density at radius 3 is 2.57 bits per heavy atom. The number of H-pyrrole nitrogens is 1. The third-order valence-electron chi connectivity index (χ3n) is 5.38. The number of ether oxygens (including phenoxy) is 2. The van der Waals surface area contributed by atoms with E-state index in [-0.39, 0.29) is 35.1 Å². The van der Waals surface area contributed by atoms with E-state index in [1.807, 2.05) is 13.8 Å². The first-order valence-corrected chi connectivity index (χ1v) is 12.3. The Morgan fingerprint density at radius 2 is 1.89 bits per heavy atom. The number of alkyl halides is 2. The van der Waals surface area contributed by atoms with E-state index in [0.717, 1.165) is 13.3 Å². The average molecular weight is 515 g/mol. The molecular formula is C27H32F2N4O4. The van der Waals surface area contributed by atoms with Crippen molar-refractivity contribution in [2.24, 2.45) is 0 Å². The molecule has 10 heteroatoms. The van der Waals surface area contributed by atoms with Gasteiger partial charge in [-0.1, -0.05) is 26.0 Å². The van der Waals surface area contributed by atoms with E-state index >= 15 is 0 Å². The summed E-state index contributed by atoms with van der Waals surface area (Å²) in [6.07, 6.45) is 3.50. The Kier molecular flexibility index (Phi) is 9.85. The molecule has 2 N–H and O–H groups in total. The lowest BCUT2D eigenvalue weighted by Crippen LogP contribution is -2.22. The molecule has 0 aliphatic carbocycles. The molecular weight excluding hydrogens is 482 g/mol. The topological polar surface area (TPSA) is 106 Å². The summed E-state index contributed by atoms with van der Waals surface area (Å²) in [5, 5.41) is 2.77. The number of hydrogen-bond acceptors (Lipinski definition) is 6. The normalized spacial score (nSPS) is 11.4. The molecule has 37 heavy (non-hydrogen) atoms. The maximum Gasteiger partial charge on any atom is 0.271 e. The van der Waals surface area contributed by atoms with Gasteiger partial charge in [-0.15, -0.1) is 0 Å². The van der Waals surface area contributed by atoms with Gasteiger partial charge in [-0.25, -0.2) is 18.7 Å². The van der Waals surface area contributed by atoms with Crippen LogP contribution >= 0.6 is 0 Å². The molecule has 3 rings (SSSR count). The van der Waals surface area contributed by atoms with E-state index in [4.69, 9.17) is 9.47 Å². The van der Waals surface area contributed by atoms with Crippen molar-refractivity contribution in [1.29, 1.82) is 0 Å². The van der Waals surface area contributed by atoms with Crippen LogP contribution in [0.2, 0.25) is 0 Å². The van der Waals surface area contributed by atoms with Crippen molar-refractivity contribution in [2.75, 3.05) is 19.8 Å². The maximum absolute atomic E-state index is 14.5. The van der Waals surface area contributed by atoms with Crippen molar-refractivity contribution in [3.63, 3.8) is 0 Å². The first kappa shape index (κ1) is 27.9. The molecule has 8 nitrogen and oxygen atoms in total. The predicted octanol–water partition coefficient (Wildman–Crippen LogP) is 4.83. The summed E-state index contributed by atoms with van der Waals surface area (Å²) < 4.78 is 39.8. The van der Waals surface area contributed by atoms with E-state index < -0.39 is 11.5 Å². The Morgan fingerprint density at radius 1 is 1.08 bits per heavy atom. The minimum absolute atomic E-state index is 0.00541. The van der Waals surface area contributed by atoms with Crippen molar-refractivity contribution in [1.82, 2.24) is 20.3 Å². The Hall–Kier alpha value is -3.66. The number of carbonyl (C=O) groups is 1. The molecule has 1 aromatic carbocycles. The fourth-order valence-corrected chi connectivity index (χ4v) is 3.60. The molecule has 0 fully saturated rings. The number of rotatable bonds is 13. The second kappa shape index (κ2) is 13.0. The van der Waals surface area contributed by atoms with Crippen LogP contribution in [0, 0.1) is 0 Å². The molecule has 0 spiro atoms. The van der Waals surface area contributed by atoms with Gasteiger partial charge in [-0.3, -0.25) is 9.59 Å². The Balaban J connectivity index is 1.88. The summed E-state index contributed by atoms with van der Waals surface area (Å²) in [7, 11) is 0. The number of nitrogens with zero attached hydrogens (tertiary/aromatic N) is 2. The summed E-state index contributed by atoms with van der Waals surface area (Å²) in [5.41, 5.74) is 0.690. The largest absolute Gasteiger partial charge is 0.475 e. The Bertz CT molecular complexity index is 1240. The van der Waals surface area contributed by atoms with Crippen LogP contribution in [-0.4, -0.2) is 40.7 Å². The molecule has 0 aliphatic heterocycles. The van der Waals surface area contributed by atoms with Crippen LogP contribution in [0.15, 0.2) is 47.4 Å². The molecule has 0 unspecified atom stereocenters. The van der Waals surface area contributed by atoms with Crippen LogP contribution in [0.1, 0.15) is 51.2 Å². The molecule has 3 aromatic rings. The smallest absolute Gasteiger partial charge is 0.271 e. The number of aromatic nitrogens is 3. The summed E-state index contributed by atoms with van der Waals surface area (Å²) in [6, 6.07) is 8.94. The highest BCUT2D eigenvalue weighted by Gasteiger charge is 2.29. The van der Waals surface area contributed by atoms with Crippen molar-refractivity contribution in [3.8, 4) is 28.5 Å². The monoisotopic (exact) mass is 514 g/mol. The van der Waals surface area contributed by atoms with Crippen LogP contribution in [-0.2, 0) is 22.0 Å². The molecule has 2 heterocycles. The van der Waals surface area contributed by atoms with Crippen molar-refractivity contribution in [3.05, 3.63) is 64.1 Å². The molecule has 198 valence electrons. The molecule has 0 atom stereocenters. The van der Waals surface area contributed by atoms with Crippen LogP contribution in [0.5, 0.6) is 5.88 Å². The maximum atomic E-state index is 14.5. The van der Waals surface area contributed by atoms with Crippen LogP contribution < -0.4 is 15.6 Å². The van der Waals surface area contributed by atoms with Gasteiger partial charge < -0.3 is 19.8 Å². The number of halogens is 2. The predicted molar refractivity (Wildman–Crippen MR) is 136 cm³/mol. The first-order valence-electron chi connectivity index (χ1n) is 12.3. The fraction of sp³-hybridized carbons (Fsp3) is 0.407. The second-order valence-electron chi connectivity index (χ2n) is 8.62. The number of pyridine rings is 1. The third kappa shape index (κ3) is 8.18. The zero-order valence-electron chi connectivity index (χ0n) is 21.3. The zero-order chi connectivity index (χ0) is 26.8. The number of carbonyl (C=O) groups excluding carboxylic acids is 1. The molecule has 0 saturated heterocycles. The molecule has 1 amide bonds. The number of hydrogen-bond donors (Lipinski definition) is 2. The van der Waals surface area contributed by atoms with Crippen LogP contribution in [0.25, 0.3) is 22.6 Å². The Labute approximate surface area is 214 Å². The van der Waals surface area contributed by atoms with Gasteiger partial charge in [0.1, 0.15) is 12.4 Å². The van der Waals surface area contributed by atoms with E-state index in [1.165, 1.54) is 30.5 Å². The molecule has 0 bridgehead atoms. The summed E-state index contributed by atoms with van der Waals surface area (Å²) in [4.78, 5) is 35.6. The van der Waals surface area contributed by atoms with Gasteiger partial charge in [0.05, 0.1) is 12.3 Å². The summed E-state index contributed by atoms with van der Waals surface area (Å²) >= 11 is 0. The van der Waals surface area contributed by atoms with E-state index in [2.05, 4.69) is 20.3 Å². The third-order valence-corrected chi connectivity index (χ3v) is 5.38. The fourth-order valence-electron chi connectivity index (χ4n) is 3.60. The minimum Gasteiger partial charge on any atom is -0.475 e. The highest BCUT2D eigenvalue weighted by atomic mass is 19.3. The van der Waals surface area contributed by atoms with E-state index in [1.54, 1.807) is 12.1 Å². The van der Waals surface area contributed by atoms with Gasteiger partial charge in [0.25, 0.3) is 11.5 Å². The van der Waals surface area contributed by atoms with Crippen molar-refractivity contribution < 1.29 is 23.0 Å². The molecule has 0 radical (unpaired) electrons. The average Bonchev–Trinajstić information content (AvgIpc) is 2.87. The SMILES string of the molecule is CCCOCCOc1ccc(-c2cc(=O)[nH]c(-c3cc(CNC(=O)CCC)ccc3C(C)(F)F)n2)cn1. The first-order chi connectivity index (χ1) is 17.7. The molecule has 0 aliphatic rings. The van der Waals surface area contributed by atoms with Gasteiger partial charge in [0.15, 0.2) is 0 Å². The van der Waals surface area contributed by atoms with E-state index in [9.17, 15) is 18.4 Å². The zero-order valence-corrected chi connectivity index (χ0v) is 21.3. The van der Waals surface area contributed by atoms with Gasteiger partial charge in [0, 0.05) is 61.5 Å². The van der Waals surface area contributed by atoms with Crippen molar-refractivity contribution >= 4 is 5.91 Å². The lowest BCUT2D eigenvalue weighted by atomic mass is 9.98. The number of benzene rings is 1. The highest BCUT2D eigenvalue weighted by molar-refractivity contribution is 5.76. The quantitative estimate of drug-likeness (QED) is 0.317. The van der Waals surface area contributed by atoms with Gasteiger partial charge in [-0.2, -0.15) is 0 Å². The van der Waals surface area contributed by atoms with Gasteiger partial charge in [-0.05, 0) is 30.5 Å². The van der Waals surface area contributed by atoms with E-state index in [0.29, 0.717) is 49.7 Å². The molecule has 2 aromatic heterocycles.